The molecule has 3 rings (SSSR count). The molecule has 3 N–H and O–H groups in total. The Kier molecular flexibility index (Phi) is 10.6. The number of alkyl halides is 2. The SMILES string of the molecule is O=C(N[C@@H]1CNCCCC1(O)C(F)F)OCc1ccccc1.O=COCc1ccccc1. The molecule has 7 nitrogen and oxygen atoms in total. The minimum atomic E-state index is -2.94. The molecule has 0 aliphatic carbocycles. The first-order valence-electron chi connectivity index (χ1n) is 10.2. The van der Waals surface area contributed by atoms with E-state index in [0.29, 0.717) is 26.0 Å². The van der Waals surface area contributed by atoms with Crippen LogP contribution in [-0.2, 0) is 27.5 Å². The second kappa shape index (κ2) is 13.4. The van der Waals surface area contributed by atoms with Crippen molar-refractivity contribution in [2.24, 2.45) is 0 Å². The van der Waals surface area contributed by atoms with Gasteiger partial charge in [0.1, 0.15) is 18.8 Å². The van der Waals surface area contributed by atoms with Crippen LogP contribution in [0, 0.1) is 0 Å². The number of alkyl carbamates (subject to hydrolysis) is 1. The lowest BCUT2D eigenvalue weighted by molar-refractivity contribution is -0.129. The maximum absolute atomic E-state index is 13.2. The molecule has 0 bridgehead atoms. The van der Waals surface area contributed by atoms with Crippen LogP contribution in [0.25, 0.3) is 0 Å². The summed E-state index contributed by atoms with van der Waals surface area (Å²) in [6.07, 6.45) is -3.43. The fourth-order valence-corrected chi connectivity index (χ4v) is 3.14. The molecule has 1 amide bonds. The lowest BCUT2D eigenvalue weighted by Gasteiger charge is -2.33. The molecule has 0 aromatic heterocycles. The highest BCUT2D eigenvalue weighted by atomic mass is 19.3. The normalized spacial score (nSPS) is 20.3. The van der Waals surface area contributed by atoms with Gasteiger partial charge < -0.3 is 25.2 Å². The zero-order chi connectivity index (χ0) is 23.2. The number of aliphatic hydroxyl groups is 1. The average Bonchev–Trinajstić information content (AvgIpc) is 3.00. The summed E-state index contributed by atoms with van der Waals surface area (Å²) < 4.78 is 35.9. The maximum Gasteiger partial charge on any atom is 0.407 e. The van der Waals surface area contributed by atoms with Crippen molar-refractivity contribution in [1.82, 2.24) is 10.6 Å². The Morgan fingerprint density at radius 2 is 1.72 bits per heavy atom. The van der Waals surface area contributed by atoms with Gasteiger partial charge in [-0.2, -0.15) is 0 Å². The second-order valence-electron chi connectivity index (χ2n) is 7.25. The first-order valence-corrected chi connectivity index (χ1v) is 10.2. The molecular weight excluding hydrogens is 422 g/mol. The summed E-state index contributed by atoms with van der Waals surface area (Å²) in [5.74, 6) is 0. The molecule has 0 radical (unpaired) electrons. The minimum absolute atomic E-state index is 0.0416. The van der Waals surface area contributed by atoms with Crippen molar-refractivity contribution in [3.8, 4) is 0 Å². The molecule has 0 spiro atoms. The van der Waals surface area contributed by atoms with Crippen molar-refractivity contribution in [2.45, 2.75) is 44.1 Å². The number of nitrogens with one attached hydrogen (secondary N) is 2. The number of benzene rings is 2. The van der Waals surface area contributed by atoms with Gasteiger partial charge in [0.2, 0.25) is 0 Å². The number of hydrogen-bond acceptors (Lipinski definition) is 6. The summed E-state index contributed by atoms with van der Waals surface area (Å²) in [7, 11) is 0. The van der Waals surface area contributed by atoms with Gasteiger partial charge in [-0.25, -0.2) is 13.6 Å². The van der Waals surface area contributed by atoms with Crippen molar-refractivity contribution in [3.63, 3.8) is 0 Å². The average molecular weight is 450 g/mol. The van der Waals surface area contributed by atoms with Gasteiger partial charge in [-0.05, 0) is 30.5 Å². The summed E-state index contributed by atoms with van der Waals surface area (Å²) in [5.41, 5.74) is -0.440. The highest BCUT2D eigenvalue weighted by Gasteiger charge is 2.46. The van der Waals surface area contributed by atoms with Gasteiger partial charge in [0, 0.05) is 6.54 Å². The maximum atomic E-state index is 13.2. The Balaban J connectivity index is 0.000000303. The van der Waals surface area contributed by atoms with E-state index >= 15 is 0 Å². The number of rotatable bonds is 7. The molecular formula is C23H28F2N2O5. The molecule has 174 valence electrons. The molecule has 9 heteroatoms. The Morgan fingerprint density at radius 1 is 1.12 bits per heavy atom. The predicted molar refractivity (Wildman–Crippen MR) is 114 cm³/mol. The highest BCUT2D eigenvalue weighted by Crippen LogP contribution is 2.27. The van der Waals surface area contributed by atoms with Crippen LogP contribution >= 0.6 is 0 Å². The third-order valence-corrected chi connectivity index (χ3v) is 4.93. The van der Waals surface area contributed by atoms with E-state index < -0.39 is 24.2 Å². The van der Waals surface area contributed by atoms with E-state index in [0.717, 1.165) is 11.1 Å². The van der Waals surface area contributed by atoms with Gasteiger partial charge in [-0.1, -0.05) is 60.7 Å². The van der Waals surface area contributed by atoms with Crippen LogP contribution in [0.1, 0.15) is 24.0 Å². The molecule has 0 saturated carbocycles. The van der Waals surface area contributed by atoms with Crippen molar-refractivity contribution >= 4 is 12.6 Å². The summed E-state index contributed by atoms with van der Waals surface area (Å²) in [5, 5.41) is 15.4. The van der Waals surface area contributed by atoms with Crippen LogP contribution in [0.3, 0.4) is 0 Å². The number of carbonyl (C=O) groups is 2. The third kappa shape index (κ3) is 8.24. The number of hydrogen-bond donors (Lipinski definition) is 3. The predicted octanol–water partition coefficient (Wildman–Crippen LogP) is 3.02. The topological polar surface area (TPSA) is 96.9 Å². The zero-order valence-electron chi connectivity index (χ0n) is 17.6. The fraction of sp³-hybridized carbons (Fsp3) is 0.391. The zero-order valence-corrected chi connectivity index (χ0v) is 17.6. The van der Waals surface area contributed by atoms with Gasteiger partial charge in [0.15, 0.2) is 0 Å². The Bertz CT molecular complexity index is 811. The molecule has 1 aliphatic rings. The van der Waals surface area contributed by atoms with E-state index in [-0.39, 0.29) is 19.6 Å². The van der Waals surface area contributed by atoms with Gasteiger partial charge >= 0.3 is 6.09 Å². The Labute approximate surface area is 185 Å². The number of halogens is 2. The molecule has 2 aromatic rings. The second-order valence-corrected chi connectivity index (χ2v) is 7.25. The highest BCUT2D eigenvalue weighted by molar-refractivity contribution is 5.68. The molecule has 1 heterocycles. The molecule has 1 saturated heterocycles. The molecule has 1 aliphatic heterocycles. The van der Waals surface area contributed by atoms with E-state index in [1.54, 1.807) is 24.3 Å². The standard InChI is InChI=1S/C15H20F2N2O3.C8H8O2/c16-13(17)15(21)7-4-8-18-9-12(15)19-14(20)22-10-11-5-2-1-3-6-11;9-7-10-6-8-4-2-1-3-5-8/h1-3,5-6,12-13,18,21H,4,7-10H2,(H,19,20);1-5,7H,6H2/t12-,15?;/m1./s1. The number of amides is 1. The first kappa shape index (κ1) is 25.2. The van der Waals surface area contributed by atoms with Crippen LogP contribution in [0.2, 0.25) is 0 Å². The van der Waals surface area contributed by atoms with E-state index in [1.165, 1.54) is 0 Å². The Morgan fingerprint density at radius 3 is 2.28 bits per heavy atom. The smallest absolute Gasteiger partial charge is 0.407 e. The molecule has 1 unspecified atom stereocenters. The molecule has 32 heavy (non-hydrogen) atoms. The summed E-state index contributed by atoms with van der Waals surface area (Å²) in [4.78, 5) is 21.5. The minimum Gasteiger partial charge on any atom is -0.463 e. The molecule has 2 atom stereocenters. The largest absolute Gasteiger partial charge is 0.463 e. The lowest BCUT2D eigenvalue weighted by Crippen LogP contribution is -2.59. The van der Waals surface area contributed by atoms with Gasteiger partial charge in [0.05, 0.1) is 6.04 Å². The van der Waals surface area contributed by atoms with Crippen LogP contribution in [0.5, 0.6) is 0 Å². The van der Waals surface area contributed by atoms with Crippen molar-refractivity contribution in [2.75, 3.05) is 13.1 Å². The Hall–Kier alpha value is -3.04. The van der Waals surface area contributed by atoms with Crippen LogP contribution in [0.4, 0.5) is 13.6 Å². The summed E-state index contributed by atoms with van der Waals surface area (Å²) >= 11 is 0. The first-order chi connectivity index (χ1) is 15.5. The fourth-order valence-electron chi connectivity index (χ4n) is 3.14. The van der Waals surface area contributed by atoms with E-state index in [1.807, 2.05) is 36.4 Å². The van der Waals surface area contributed by atoms with Gasteiger partial charge in [0.25, 0.3) is 12.9 Å². The van der Waals surface area contributed by atoms with Gasteiger partial charge in [-0.3, -0.25) is 4.79 Å². The van der Waals surface area contributed by atoms with Crippen molar-refractivity contribution in [1.29, 1.82) is 0 Å². The monoisotopic (exact) mass is 450 g/mol. The third-order valence-electron chi connectivity index (χ3n) is 4.93. The van der Waals surface area contributed by atoms with Crippen LogP contribution < -0.4 is 10.6 Å². The summed E-state index contributed by atoms with van der Waals surface area (Å²) in [6.45, 7) is 1.45. The lowest BCUT2D eigenvalue weighted by atomic mass is 9.90. The van der Waals surface area contributed by atoms with Crippen molar-refractivity contribution < 1.29 is 33.0 Å². The number of carbonyl (C=O) groups excluding carboxylic acids is 2. The van der Waals surface area contributed by atoms with Crippen LogP contribution in [0.15, 0.2) is 60.7 Å². The molecule has 1 fully saturated rings. The van der Waals surface area contributed by atoms with E-state index in [4.69, 9.17) is 4.74 Å². The quantitative estimate of drug-likeness (QED) is 0.561. The van der Waals surface area contributed by atoms with E-state index in [9.17, 15) is 23.5 Å². The van der Waals surface area contributed by atoms with Crippen LogP contribution in [-0.4, -0.2) is 48.8 Å². The summed E-state index contributed by atoms with van der Waals surface area (Å²) in [6, 6.07) is 17.5. The number of ether oxygens (including phenoxy) is 2. The van der Waals surface area contributed by atoms with Gasteiger partial charge in [-0.15, -0.1) is 0 Å². The molecule has 2 aromatic carbocycles. The van der Waals surface area contributed by atoms with Crippen molar-refractivity contribution in [3.05, 3.63) is 71.8 Å². The van der Waals surface area contributed by atoms with E-state index in [2.05, 4.69) is 15.4 Å².